The molecule has 12 heavy (non-hydrogen) atoms. The normalized spacial score (nSPS) is 16.2. The van der Waals surface area contributed by atoms with Crippen molar-refractivity contribution in [3.05, 3.63) is 24.3 Å². The van der Waals surface area contributed by atoms with Crippen LogP contribution in [0.2, 0.25) is 0 Å². The summed E-state index contributed by atoms with van der Waals surface area (Å²) in [5.41, 5.74) is 5.01. The van der Waals surface area contributed by atoms with Gasteiger partial charge in [0.15, 0.2) is 0 Å². The predicted molar refractivity (Wildman–Crippen MR) is 48.3 cm³/mol. The molecule has 4 nitrogen and oxygen atoms in total. The van der Waals surface area contributed by atoms with Gasteiger partial charge < -0.3 is 5.73 Å². The molecule has 2 N–H and O–H groups in total. The first-order valence-electron chi connectivity index (χ1n) is 3.51. The average Bonchev–Trinajstić information content (AvgIpc) is 2.15. The molecule has 0 aromatic rings. The number of hydrogen-bond donors (Lipinski definition) is 1. The summed E-state index contributed by atoms with van der Waals surface area (Å²) in [6.45, 7) is 0.431. The molecule has 0 aromatic carbocycles. The van der Waals surface area contributed by atoms with E-state index in [1.165, 1.54) is 6.21 Å². The van der Waals surface area contributed by atoms with E-state index in [0.717, 1.165) is 0 Å². The highest BCUT2D eigenvalue weighted by molar-refractivity contribution is 6.38. The van der Waals surface area contributed by atoms with Crippen molar-refractivity contribution in [2.45, 2.75) is 0 Å². The van der Waals surface area contributed by atoms with Crippen molar-refractivity contribution in [1.29, 1.82) is 0 Å². The Morgan fingerprint density at radius 3 is 3.00 bits per heavy atom. The SMILES string of the molecule is NC(=O)C1=NCC=CC=CC=N1. The minimum Gasteiger partial charge on any atom is -0.363 e. The van der Waals surface area contributed by atoms with Gasteiger partial charge in [-0.25, -0.2) is 4.99 Å². The molecule has 0 unspecified atom stereocenters. The zero-order valence-corrected chi connectivity index (χ0v) is 6.47. The third-order valence-electron chi connectivity index (χ3n) is 1.21. The quantitative estimate of drug-likeness (QED) is 0.583. The summed E-state index contributed by atoms with van der Waals surface area (Å²) >= 11 is 0. The lowest BCUT2D eigenvalue weighted by Gasteiger charge is -1.91. The van der Waals surface area contributed by atoms with Gasteiger partial charge in [-0.1, -0.05) is 18.2 Å². The number of hydrogen-bond acceptors (Lipinski definition) is 3. The number of amidine groups is 1. The predicted octanol–water partition coefficient (Wildman–Crippen LogP) is 0.0670. The third kappa shape index (κ3) is 2.49. The fourth-order valence-electron chi connectivity index (χ4n) is 0.688. The lowest BCUT2D eigenvalue weighted by atomic mass is 10.4. The molecule has 1 heterocycles. The summed E-state index contributed by atoms with van der Waals surface area (Å²) in [6, 6.07) is 0. The van der Waals surface area contributed by atoms with E-state index in [-0.39, 0.29) is 5.84 Å². The first-order chi connectivity index (χ1) is 5.80. The standard InChI is InChI=1S/C8H9N3O/c9-7(12)8-10-5-3-1-2-4-6-11-8/h1-5H,6H2,(H2,9,12). The molecular weight excluding hydrogens is 154 g/mol. The van der Waals surface area contributed by atoms with E-state index in [1.54, 1.807) is 6.08 Å². The monoisotopic (exact) mass is 163 g/mol. The average molecular weight is 163 g/mol. The van der Waals surface area contributed by atoms with E-state index in [1.807, 2.05) is 18.2 Å². The molecule has 0 spiro atoms. The minimum absolute atomic E-state index is 0.0613. The number of carbonyl (C=O) groups is 1. The van der Waals surface area contributed by atoms with E-state index < -0.39 is 5.91 Å². The van der Waals surface area contributed by atoms with E-state index in [0.29, 0.717) is 6.54 Å². The van der Waals surface area contributed by atoms with Gasteiger partial charge in [0.05, 0.1) is 6.54 Å². The number of carbonyl (C=O) groups excluding carboxylic acids is 1. The van der Waals surface area contributed by atoms with Gasteiger partial charge in [-0.3, -0.25) is 9.79 Å². The van der Waals surface area contributed by atoms with Crippen molar-refractivity contribution in [1.82, 2.24) is 0 Å². The van der Waals surface area contributed by atoms with Crippen LogP contribution in [0.15, 0.2) is 34.3 Å². The van der Waals surface area contributed by atoms with Crippen LogP contribution in [0.1, 0.15) is 0 Å². The smallest absolute Gasteiger partial charge is 0.286 e. The van der Waals surface area contributed by atoms with Crippen LogP contribution in [0.5, 0.6) is 0 Å². The number of rotatable bonds is 1. The molecule has 0 aliphatic carbocycles. The zero-order chi connectivity index (χ0) is 8.81. The van der Waals surface area contributed by atoms with Crippen LogP contribution in [0.3, 0.4) is 0 Å². The minimum atomic E-state index is -0.602. The molecule has 1 aliphatic heterocycles. The van der Waals surface area contributed by atoms with Crippen molar-refractivity contribution in [2.75, 3.05) is 6.54 Å². The first kappa shape index (κ1) is 8.39. The molecule has 0 bridgehead atoms. The van der Waals surface area contributed by atoms with Crippen LogP contribution >= 0.6 is 0 Å². The summed E-state index contributed by atoms with van der Waals surface area (Å²) in [5.74, 6) is -0.541. The summed E-state index contributed by atoms with van der Waals surface area (Å²) in [5, 5.41) is 0. The van der Waals surface area contributed by atoms with Gasteiger partial charge in [0.25, 0.3) is 5.91 Å². The van der Waals surface area contributed by atoms with E-state index >= 15 is 0 Å². The molecule has 0 saturated carbocycles. The molecule has 1 rings (SSSR count). The Morgan fingerprint density at radius 1 is 1.42 bits per heavy atom. The van der Waals surface area contributed by atoms with Crippen LogP contribution in [-0.4, -0.2) is 24.5 Å². The van der Waals surface area contributed by atoms with E-state index in [2.05, 4.69) is 9.98 Å². The van der Waals surface area contributed by atoms with Crippen molar-refractivity contribution in [2.24, 2.45) is 15.7 Å². The number of nitrogens with zero attached hydrogens (tertiary/aromatic N) is 2. The molecule has 0 fully saturated rings. The van der Waals surface area contributed by atoms with Gasteiger partial charge in [-0.05, 0) is 6.08 Å². The lowest BCUT2D eigenvalue weighted by Crippen LogP contribution is -2.21. The molecule has 0 aromatic heterocycles. The fourth-order valence-corrected chi connectivity index (χ4v) is 0.688. The van der Waals surface area contributed by atoms with E-state index in [9.17, 15) is 4.79 Å². The maximum Gasteiger partial charge on any atom is 0.286 e. The highest BCUT2D eigenvalue weighted by Crippen LogP contribution is 1.86. The number of nitrogens with two attached hydrogens (primary N) is 1. The number of amides is 1. The molecule has 0 atom stereocenters. The Labute approximate surface area is 70.2 Å². The van der Waals surface area contributed by atoms with Crippen molar-refractivity contribution < 1.29 is 4.79 Å². The molecule has 1 aliphatic rings. The topological polar surface area (TPSA) is 67.8 Å². The van der Waals surface area contributed by atoms with Crippen LogP contribution in [0.4, 0.5) is 0 Å². The first-order valence-corrected chi connectivity index (χ1v) is 3.51. The Hall–Kier alpha value is -1.71. The zero-order valence-electron chi connectivity index (χ0n) is 6.47. The van der Waals surface area contributed by atoms with Crippen LogP contribution in [0, 0.1) is 0 Å². The van der Waals surface area contributed by atoms with Gasteiger partial charge in [0, 0.05) is 6.21 Å². The summed E-state index contributed by atoms with van der Waals surface area (Å²) < 4.78 is 0. The number of allylic oxidation sites excluding steroid dienone is 3. The van der Waals surface area contributed by atoms with Crippen molar-refractivity contribution >= 4 is 18.0 Å². The highest BCUT2D eigenvalue weighted by Gasteiger charge is 2.01. The Balaban J connectivity index is 2.84. The van der Waals surface area contributed by atoms with Gasteiger partial charge in [-0.2, -0.15) is 0 Å². The van der Waals surface area contributed by atoms with Crippen LogP contribution < -0.4 is 5.73 Å². The van der Waals surface area contributed by atoms with Gasteiger partial charge in [-0.15, -0.1) is 0 Å². The maximum atomic E-state index is 10.7. The Kier molecular flexibility index (Phi) is 2.95. The summed E-state index contributed by atoms with van der Waals surface area (Å²) in [4.78, 5) is 18.3. The van der Waals surface area contributed by atoms with Gasteiger partial charge in [0.2, 0.25) is 5.84 Å². The number of aliphatic imine (C=N–C) groups is 2. The highest BCUT2D eigenvalue weighted by atomic mass is 16.1. The lowest BCUT2D eigenvalue weighted by molar-refractivity contribution is -0.112. The summed E-state index contributed by atoms with van der Waals surface area (Å²) in [7, 11) is 0. The molecule has 4 heteroatoms. The number of primary amides is 1. The summed E-state index contributed by atoms with van der Waals surface area (Å²) in [6.07, 6.45) is 8.65. The van der Waals surface area contributed by atoms with Gasteiger partial charge in [0.1, 0.15) is 0 Å². The molecule has 1 amide bonds. The second-order valence-electron chi connectivity index (χ2n) is 2.12. The molecule has 0 radical (unpaired) electrons. The second kappa shape index (κ2) is 4.23. The van der Waals surface area contributed by atoms with Crippen molar-refractivity contribution in [3.63, 3.8) is 0 Å². The Bertz CT molecular complexity index is 287. The van der Waals surface area contributed by atoms with E-state index in [4.69, 9.17) is 5.73 Å². The van der Waals surface area contributed by atoms with Crippen LogP contribution in [-0.2, 0) is 4.79 Å². The molecule has 62 valence electrons. The molecular formula is C8H9N3O. The van der Waals surface area contributed by atoms with Gasteiger partial charge >= 0.3 is 0 Å². The fraction of sp³-hybridized carbons (Fsp3) is 0.125. The molecule has 0 saturated heterocycles. The van der Waals surface area contributed by atoms with Crippen LogP contribution in [0.25, 0.3) is 0 Å². The maximum absolute atomic E-state index is 10.7. The second-order valence-corrected chi connectivity index (χ2v) is 2.12. The third-order valence-corrected chi connectivity index (χ3v) is 1.21. The Morgan fingerprint density at radius 2 is 2.25 bits per heavy atom. The van der Waals surface area contributed by atoms with Crippen molar-refractivity contribution in [3.8, 4) is 0 Å². The largest absolute Gasteiger partial charge is 0.363 e.